The van der Waals surface area contributed by atoms with Gasteiger partial charge in [-0.15, -0.1) is 0 Å². The second-order valence-corrected chi connectivity index (χ2v) is 7.76. The van der Waals surface area contributed by atoms with Crippen molar-refractivity contribution in [2.45, 2.75) is 19.3 Å². The number of morpholine rings is 1. The first-order valence-corrected chi connectivity index (χ1v) is 10.6. The van der Waals surface area contributed by atoms with Crippen molar-refractivity contribution in [2.75, 3.05) is 26.3 Å². The molecule has 152 valence electrons. The number of H-pyrrole nitrogens is 1. The number of nitrogens with one attached hydrogen (secondary N) is 1. The molecular formula is C25H25N3O2. The molecule has 1 N–H and O–H groups in total. The molecule has 0 bridgehead atoms. The second kappa shape index (κ2) is 8.28. The summed E-state index contributed by atoms with van der Waals surface area (Å²) in [5.74, 6) is 0.225. The van der Waals surface area contributed by atoms with Crippen LogP contribution in [-0.2, 0) is 16.0 Å². The third-order valence-electron chi connectivity index (χ3n) is 5.85. The van der Waals surface area contributed by atoms with Crippen LogP contribution >= 0.6 is 0 Å². The van der Waals surface area contributed by atoms with Crippen LogP contribution in [0.25, 0.3) is 33.2 Å². The predicted molar refractivity (Wildman–Crippen MR) is 119 cm³/mol. The zero-order valence-corrected chi connectivity index (χ0v) is 16.9. The van der Waals surface area contributed by atoms with E-state index in [1.54, 1.807) is 0 Å². The molecule has 5 nitrogen and oxygen atoms in total. The number of carbonyl (C=O) groups excluding carboxylic acids is 1. The van der Waals surface area contributed by atoms with Crippen molar-refractivity contribution in [2.24, 2.45) is 0 Å². The lowest BCUT2D eigenvalue weighted by molar-refractivity contribution is -0.135. The molecule has 0 aliphatic carbocycles. The Balaban J connectivity index is 1.42. The van der Waals surface area contributed by atoms with Gasteiger partial charge < -0.3 is 14.6 Å². The molecule has 1 aliphatic heterocycles. The molecule has 1 saturated heterocycles. The van der Waals surface area contributed by atoms with Gasteiger partial charge in [0.25, 0.3) is 0 Å². The first-order valence-electron chi connectivity index (χ1n) is 10.6. The molecule has 1 amide bonds. The monoisotopic (exact) mass is 399 g/mol. The van der Waals surface area contributed by atoms with Crippen LogP contribution in [0.2, 0.25) is 0 Å². The molecule has 2 aromatic carbocycles. The van der Waals surface area contributed by atoms with Gasteiger partial charge in [0.15, 0.2) is 0 Å². The number of ether oxygens (including phenoxy) is 1. The largest absolute Gasteiger partial charge is 0.378 e. The van der Waals surface area contributed by atoms with Gasteiger partial charge in [-0.2, -0.15) is 0 Å². The maximum atomic E-state index is 12.5. The third kappa shape index (κ3) is 3.68. The zero-order chi connectivity index (χ0) is 20.3. The van der Waals surface area contributed by atoms with Gasteiger partial charge in [-0.3, -0.25) is 4.79 Å². The minimum absolute atomic E-state index is 0.225. The quantitative estimate of drug-likeness (QED) is 0.535. The standard InChI is InChI=1S/C25H25N3O2/c29-24(28-14-16-30-17-15-28)11-5-8-20-19-7-2-4-10-22(19)27-25(20)23-13-12-18-6-1-3-9-21(18)26-23/h1-4,6-7,9-10,12-13,27H,5,8,11,14-17H2. The first kappa shape index (κ1) is 18.8. The lowest BCUT2D eigenvalue weighted by Crippen LogP contribution is -2.40. The molecular weight excluding hydrogens is 374 g/mol. The van der Waals surface area contributed by atoms with E-state index in [1.807, 2.05) is 29.2 Å². The molecule has 0 radical (unpaired) electrons. The van der Waals surface area contributed by atoms with Crippen LogP contribution in [0, 0.1) is 0 Å². The van der Waals surface area contributed by atoms with Gasteiger partial charge in [-0.05, 0) is 36.6 Å². The number of carbonyl (C=O) groups is 1. The molecule has 1 fully saturated rings. The highest BCUT2D eigenvalue weighted by Crippen LogP contribution is 2.31. The summed E-state index contributed by atoms with van der Waals surface area (Å²) in [4.78, 5) is 22.9. The number of nitrogens with zero attached hydrogens (tertiary/aromatic N) is 2. The van der Waals surface area contributed by atoms with E-state index in [-0.39, 0.29) is 5.91 Å². The number of aryl methyl sites for hydroxylation is 1. The average Bonchev–Trinajstić information content (AvgIpc) is 3.18. The molecule has 4 aromatic rings. The number of aromatic nitrogens is 2. The van der Waals surface area contributed by atoms with Crippen molar-refractivity contribution in [3.8, 4) is 11.4 Å². The number of hydrogen-bond acceptors (Lipinski definition) is 3. The highest BCUT2D eigenvalue weighted by molar-refractivity contribution is 5.91. The highest BCUT2D eigenvalue weighted by Gasteiger charge is 2.18. The molecule has 0 spiro atoms. The van der Waals surface area contributed by atoms with Crippen molar-refractivity contribution in [3.05, 3.63) is 66.2 Å². The number of rotatable bonds is 5. The summed E-state index contributed by atoms with van der Waals surface area (Å²) in [5, 5.41) is 2.34. The molecule has 5 rings (SSSR count). The summed E-state index contributed by atoms with van der Waals surface area (Å²) in [6, 6.07) is 20.7. The van der Waals surface area contributed by atoms with E-state index in [2.05, 4.69) is 41.4 Å². The summed E-state index contributed by atoms with van der Waals surface area (Å²) < 4.78 is 5.35. The predicted octanol–water partition coefficient (Wildman–Crippen LogP) is 4.56. The van der Waals surface area contributed by atoms with Crippen LogP contribution in [0.15, 0.2) is 60.7 Å². The fourth-order valence-corrected chi connectivity index (χ4v) is 4.27. The van der Waals surface area contributed by atoms with E-state index < -0.39 is 0 Å². The van der Waals surface area contributed by atoms with Crippen LogP contribution in [0.3, 0.4) is 0 Å². The van der Waals surface area contributed by atoms with Gasteiger partial charge in [0, 0.05) is 35.8 Å². The van der Waals surface area contributed by atoms with Crippen molar-refractivity contribution in [1.29, 1.82) is 0 Å². The van der Waals surface area contributed by atoms with Crippen molar-refractivity contribution in [3.63, 3.8) is 0 Å². The maximum absolute atomic E-state index is 12.5. The Morgan fingerprint density at radius 2 is 1.80 bits per heavy atom. The van der Waals surface area contributed by atoms with Gasteiger partial charge in [0.05, 0.1) is 30.1 Å². The molecule has 2 aromatic heterocycles. The van der Waals surface area contributed by atoms with E-state index in [4.69, 9.17) is 9.72 Å². The first-order chi connectivity index (χ1) is 14.8. The van der Waals surface area contributed by atoms with E-state index >= 15 is 0 Å². The lowest BCUT2D eigenvalue weighted by Gasteiger charge is -2.26. The van der Waals surface area contributed by atoms with E-state index in [0.29, 0.717) is 32.7 Å². The van der Waals surface area contributed by atoms with Crippen LogP contribution in [0.1, 0.15) is 18.4 Å². The van der Waals surface area contributed by atoms with Crippen LogP contribution in [0.4, 0.5) is 0 Å². The molecule has 3 heterocycles. The minimum Gasteiger partial charge on any atom is -0.378 e. The van der Waals surface area contributed by atoms with Crippen molar-refractivity contribution < 1.29 is 9.53 Å². The van der Waals surface area contributed by atoms with Crippen molar-refractivity contribution >= 4 is 27.7 Å². The molecule has 0 atom stereocenters. The van der Waals surface area contributed by atoms with Gasteiger partial charge in [-0.25, -0.2) is 4.98 Å². The average molecular weight is 399 g/mol. The second-order valence-electron chi connectivity index (χ2n) is 7.76. The van der Waals surface area contributed by atoms with Gasteiger partial charge in [0.2, 0.25) is 5.91 Å². The minimum atomic E-state index is 0.225. The Morgan fingerprint density at radius 3 is 2.70 bits per heavy atom. The molecule has 1 aliphatic rings. The number of fused-ring (bicyclic) bond motifs is 2. The van der Waals surface area contributed by atoms with Crippen LogP contribution < -0.4 is 0 Å². The van der Waals surface area contributed by atoms with E-state index in [9.17, 15) is 4.79 Å². The smallest absolute Gasteiger partial charge is 0.222 e. The highest BCUT2D eigenvalue weighted by atomic mass is 16.5. The summed E-state index contributed by atoms with van der Waals surface area (Å²) >= 11 is 0. The van der Waals surface area contributed by atoms with Crippen LogP contribution in [0.5, 0.6) is 0 Å². The topological polar surface area (TPSA) is 58.2 Å². The number of aromatic amines is 1. The SMILES string of the molecule is O=C(CCCc1c(-c2ccc3ccccc3n2)[nH]c2ccccc12)N1CCOCC1. The zero-order valence-electron chi connectivity index (χ0n) is 16.9. The summed E-state index contributed by atoms with van der Waals surface area (Å²) in [6.07, 6.45) is 2.21. The maximum Gasteiger partial charge on any atom is 0.222 e. The van der Waals surface area contributed by atoms with Gasteiger partial charge >= 0.3 is 0 Å². The number of benzene rings is 2. The normalized spacial score (nSPS) is 14.5. The fraction of sp³-hybridized carbons (Fsp3) is 0.280. The van der Waals surface area contributed by atoms with Crippen LogP contribution in [-0.4, -0.2) is 47.1 Å². The van der Waals surface area contributed by atoms with Gasteiger partial charge in [-0.1, -0.05) is 42.5 Å². The number of pyridine rings is 1. The number of hydrogen-bond donors (Lipinski definition) is 1. The Kier molecular flexibility index (Phi) is 5.20. The number of amides is 1. The van der Waals surface area contributed by atoms with Crippen molar-refractivity contribution in [1.82, 2.24) is 14.9 Å². The lowest BCUT2D eigenvalue weighted by atomic mass is 10.0. The molecule has 0 saturated carbocycles. The number of para-hydroxylation sites is 2. The molecule has 0 unspecified atom stereocenters. The molecule has 30 heavy (non-hydrogen) atoms. The van der Waals surface area contributed by atoms with E-state index in [0.717, 1.165) is 40.6 Å². The molecule has 5 heteroatoms. The Morgan fingerprint density at radius 1 is 1.00 bits per heavy atom. The third-order valence-corrected chi connectivity index (χ3v) is 5.85. The summed E-state index contributed by atoms with van der Waals surface area (Å²) in [5.41, 5.74) is 5.34. The summed E-state index contributed by atoms with van der Waals surface area (Å²) in [7, 11) is 0. The fourth-order valence-electron chi connectivity index (χ4n) is 4.27. The Bertz CT molecular complexity index is 1190. The Labute approximate surface area is 175 Å². The Hall–Kier alpha value is -3.18. The van der Waals surface area contributed by atoms with Gasteiger partial charge in [0.1, 0.15) is 0 Å². The van der Waals surface area contributed by atoms with E-state index in [1.165, 1.54) is 10.9 Å². The summed E-state index contributed by atoms with van der Waals surface area (Å²) in [6.45, 7) is 2.70.